The van der Waals surface area contributed by atoms with Crippen molar-refractivity contribution >= 4 is 17.5 Å². The third-order valence-corrected chi connectivity index (χ3v) is 6.97. The number of hydrogen-bond acceptors (Lipinski definition) is 3. The van der Waals surface area contributed by atoms with Crippen molar-refractivity contribution in [2.45, 2.75) is 50.5 Å². The number of hydrogen-bond donors (Lipinski definition) is 1. The number of rotatable bonds is 4. The van der Waals surface area contributed by atoms with Crippen LogP contribution in [0.2, 0.25) is 0 Å². The van der Waals surface area contributed by atoms with Crippen molar-refractivity contribution in [1.82, 2.24) is 19.6 Å². The minimum absolute atomic E-state index is 0.0230. The third-order valence-electron chi connectivity index (χ3n) is 6.97. The molecule has 2 saturated heterocycles. The molecule has 2 aromatic heterocycles. The van der Waals surface area contributed by atoms with Crippen LogP contribution in [0.15, 0.2) is 54.9 Å². The molecule has 1 N–H and O–H groups in total. The van der Waals surface area contributed by atoms with Crippen molar-refractivity contribution in [1.29, 1.82) is 0 Å². The van der Waals surface area contributed by atoms with Crippen LogP contribution >= 0.6 is 0 Å². The first-order chi connectivity index (χ1) is 15.1. The second kappa shape index (κ2) is 7.84. The van der Waals surface area contributed by atoms with Crippen LogP contribution < -0.4 is 5.32 Å². The first-order valence-electron chi connectivity index (χ1n) is 11.2. The maximum Gasteiger partial charge on any atom is 0.245 e. The Morgan fingerprint density at radius 1 is 1.19 bits per heavy atom. The zero-order valence-electron chi connectivity index (χ0n) is 17.9. The lowest BCUT2D eigenvalue weighted by atomic mass is 9.70. The van der Waals surface area contributed by atoms with E-state index < -0.39 is 0 Å². The average Bonchev–Trinajstić information content (AvgIpc) is 3.45. The highest BCUT2D eigenvalue weighted by Crippen LogP contribution is 2.41. The summed E-state index contributed by atoms with van der Waals surface area (Å²) < 4.78 is 2.10. The number of fused-ring (bicyclic) bond motifs is 1. The lowest BCUT2D eigenvalue weighted by Gasteiger charge is -2.42. The first kappa shape index (κ1) is 19.8. The van der Waals surface area contributed by atoms with E-state index in [4.69, 9.17) is 4.98 Å². The fourth-order valence-corrected chi connectivity index (χ4v) is 5.05. The smallest absolute Gasteiger partial charge is 0.245 e. The highest BCUT2D eigenvalue weighted by molar-refractivity contribution is 5.90. The molecule has 0 aliphatic carbocycles. The van der Waals surface area contributed by atoms with Crippen molar-refractivity contribution < 1.29 is 9.59 Å². The minimum atomic E-state index is -0.362. The van der Waals surface area contributed by atoms with Crippen molar-refractivity contribution in [3.05, 3.63) is 71.7 Å². The molecule has 6 heteroatoms. The molecular weight excluding hydrogens is 388 g/mol. The van der Waals surface area contributed by atoms with Gasteiger partial charge in [-0.1, -0.05) is 37.3 Å². The fraction of sp³-hybridized carbons (Fsp3) is 0.400. The third kappa shape index (κ3) is 3.50. The van der Waals surface area contributed by atoms with Gasteiger partial charge in [-0.05, 0) is 48.9 Å². The summed E-state index contributed by atoms with van der Waals surface area (Å²) in [5.74, 6) is 0.0280. The zero-order chi connectivity index (χ0) is 21.4. The number of aromatic nitrogens is 2. The lowest BCUT2D eigenvalue weighted by Crippen LogP contribution is -2.51. The molecule has 2 aliphatic heterocycles. The van der Waals surface area contributed by atoms with E-state index in [1.807, 2.05) is 11.0 Å². The summed E-state index contributed by atoms with van der Waals surface area (Å²) in [4.78, 5) is 31.5. The van der Waals surface area contributed by atoms with Gasteiger partial charge in [-0.25, -0.2) is 4.98 Å². The highest BCUT2D eigenvalue weighted by atomic mass is 16.2. The summed E-state index contributed by atoms with van der Waals surface area (Å²) in [5, 5.41) is 2.82. The Hall–Kier alpha value is -3.15. The van der Waals surface area contributed by atoms with Gasteiger partial charge < -0.3 is 14.6 Å². The minimum Gasteiger partial charge on any atom is -0.344 e. The van der Waals surface area contributed by atoms with Gasteiger partial charge in [0.25, 0.3) is 0 Å². The van der Waals surface area contributed by atoms with Gasteiger partial charge in [0, 0.05) is 37.3 Å². The Labute approximate surface area is 182 Å². The lowest BCUT2D eigenvalue weighted by molar-refractivity contribution is -0.135. The number of pyridine rings is 1. The monoisotopic (exact) mass is 416 g/mol. The van der Waals surface area contributed by atoms with Crippen molar-refractivity contribution in [2.24, 2.45) is 0 Å². The molecule has 3 aromatic rings. The van der Waals surface area contributed by atoms with Gasteiger partial charge in [0.05, 0.1) is 5.69 Å². The molecule has 2 amide bonds. The summed E-state index contributed by atoms with van der Waals surface area (Å²) in [7, 11) is 0. The van der Waals surface area contributed by atoms with Gasteiger partial charge in [-0.3, -0.25) is 9.59 Å². The number of aryl methyl sites for hydroxylation is 1. The van der Waals surface area contributed by atoms with Crippen LogP contribution in [-0.2, 0) is 21.4 Å². The van der Waals surface area contributed by atoms with E-state index in [1.54, 1.807) is 0 Å². The molecule has 2 aliphatic rings. The number of likely N-dealkylation sites (tertiary alicyclic amines) is 1. The first-order valence-corrected chi connectivity index (χ1v) is 11.2. The Morgan fingerprint density at radius 3 is 2.65 bits per heavy atom. The molecule has 1 atom stereocenters. The number of nitrogens with zero attached hydrogens (tertiary/aromatic N) is 3. The van der Waals surface area contributed by atoms with Crippen LogP contribution in [-0.4, -0.2) is 45.2 Å². The zero-order valence-corrected chi connectivity index (χ0v) is 17.9. The number of piperidine rings is 1. The molecule has 5 rings (SSSR count). The summed E-state index contributed by atoms with van der Waals surface area (Å²) in [6, 6.07) is 14.5. The SMILES string of the molecule is CCc1ccn2cc(C3(c4ccccc4)CCN(C(=O)C4CCC(=O)N4)CC3)nc2c1. The number of carbonyl (C=O) groups is 2. The van der Waals surface area contributed by atoms with Gasteiger partial charge in [-0.2, -0.15) is 0 Å². The van der Waals surface area contributed by atoms with Crippen LogP contribution in [0, 0.1) is 0 Å². The van der Waals surface area contributed by atoms with Gasteiger partial charge in [-0.15, -0.1) is 0 Å². The van der Waals surface area contributed by atoms with Crippen LogP contribution in [0.5, 0.6) is 0 Å². The number of imidazole rings is 1. The Balaban J connectivity index is 1.46. The van der Waals surface area contributed by atoms with Gasteiger partial charge >= 0.3 is 0 Å². The molecule has 2 fully saturated rings. The summed E-state index contributed by atoms with van der Waals surface area (Å²) in [6.45, 7) is 3.48. The number of nitrogens with one attached hydrogen (secondary N) is 1. The Kier molecular flexibility index (Phi) is 5.00. The van der Waals surface area contributed by atoms with Crippen molar-refractivity contribution in [3.63, 3.8) is 0 Å². The van der Waals surface area contributed by atoms with Gasteiger partial charge in [0.2, 0.25) is 11.8 Å². The van der Waals surface area contributed by atoms with Crippen LogP contribution in [0.25, 0.3) is 5.65 Å². The maximum atomic E-state index is 12.9. The van der Waals surface area contributed by atoms with Crippen molar-refractivity contribution in [2.75, 3.05) is 13.1 Å². The topological polar surface area (TPSA) is 66.7 Å². The quantitative estimate of drug-likeness (QED) is 0.711. The van der Waals surface area contributed by atoms with Crippen LogP contribution in [0.3, 0.4) is 0 Å². The van der Waals surface area contributed by atoms with E-state index in [0.717, 1.165) is 30.6 Å². The highest BCUT2D eigenvalue weighted by Gasteiger charge is 2.42. The number of carbonyl (C=O) groups excluding carboxylic acids is 2. The van der Waals surface area contributed by atoms with Gasteiger partial charge in [0.15, 0.2) is 0 Å². The van der Waals surface area contributed by atoms with E-state index >= 15 is 0 Å². The van der Waals surface area contributed by atoms with E-state index in [9.17, 15) is 9.59 Å². The average molecular weight is 417 g/mol. The fourth-order valence-electron chi connectivity index (χ4n) is 5.05. The van der Waals surface area contributed by atoms with Gasteiger partial charge in [0.1, 0.15) is 11.7 Å². The standard InChI is InChI=1S/C25H28N4O2/c1-2-18-10-13-29-17-21(27-22(29)16-18)25(19-6-4-3-5-7-19)11-14-28(15-12-25)24(31)20-8-9-23(30)26-20/h3-7,10,13,16-17,20H,2,8-9,11-12,14-15H2,1H3,(H,26,30). The second-order valence-corrected chi connectivity index (χ2v) is 8.71. The molecule has 160 valence electrons. The summed E-state index contributed by atoms with van der Waals surface area (Å²) in [6.07, 6.45) is 7.89. The molecule has 0 spiro atoms. The normalized spacial score (nSPS) is 20.7. The Bertz CT molecular complexity index is 1110. The predicted molar refractivity (Wildman–Crippen MR) is 119 cm³/mol. The van der Waals surface area contributed by atoms with E-state index in [1.165, 1.54) is 11.1 Å². The largest absolute Gasteiger partial charge is 0.344 e. The predicted octanol–water partition coefficient (Wildman–Crippen LogP) is 3.08. The molecule has 0 saturated carbocycles. The number of amides is 2. The van der Waals surface area contributed by atoms with Crippen molar-refractivity contribution in [3.8, 4) is 0 Å². The molecule has 31 heavy (non-hydrogen) atoms. The maximum absolute atomic E-state index is 12.9. The number of benzene rings is 1. The van der Waals surface area contributed by atoms with E-state index in [2.05, 4.69) is 65.4 Å². The summed E-state index contributed by atoms with van der Waals surface area (Å²) >= 11 is 0. The molecule has 0 radical (unpaired) electrons. The molecular formula is C25H28N4O2. The van der Waals surface area contributed by atoms with E-state index in [-0.39, 0.29) is 23.3 Å². The molecule has 6 nitrogen and oxygen atoms in total. The second-order valence-electron chi connectivity index (χ2n) is 8.71. The molecule has 1 unspecified atom stereocenters. The van der Waals surface area contributed by atoms with E-state index in [0.29, 0.717) is 25.9 Å². The van der Waals surface area contributed by atoms with Crippen LogP contribution in [0.4, 0.5) is 0 Å². The Morgan fingerprint density at radius 2 is 1.97 bits per heavy atom. The molecule has 0 bridgehead atoms. The molecule has 1 aromatic carbocycles. The summed E-state index contributed by atoms with van der Waals surface area (Å²) in [5.41, 5.74) is 4.33. The van der Waals surface area contributed by atoms with Crippen LogP contribution in [0.1, 0.15) is 49.4 Å². The molecule has 4 heterocycles.